The molecule has 0 fully saturated rings. The highest BCUT2D eigenvalue weighted by atomic mass is 32.2. The number of carbonyl (C=O) groups excluding carboxylic acids is 2. The van der Waals surface area contributed by atoms with Gasteiger partial charge in [0.15, 0.2) is 16.8 Å². The number of amides is 1. The van der Waals surface area contributed by atoms with Crippen LogP contribution in [0, 0.1) is 0 Å². The lowest BCUT2D eigenvalue weighted by molar-refractivity contribution is -0.116. The molecule has 1 aromatic heterocycles. The first-order chi connectivity index (χ1) is 16.1. The molecule has 33 heavy (non-hydrogen) atoms. The highest BCUT2D eigenvalue weighted by Crippen LogP contribution is 2.24. The highest BCUT2D eigenvalue weighted by Gasteiger charge is 2.14. The Hall–Kier alpha value is -3.71. The minimum absolute atomic E-state index is 0.0213. The number of hydrogen-bond acceptors (Lipinski definition) is 5. The van der Waals surface area contributed by atoms with E-state index in [1.54, 1.807) is 0 Å². The van der Waals surface area contributed by atoms with Crippen LogP contribution in [-0.4, -0.2) is 32.2 Å². The molecule has 0 aliphatic carbocycles. The van der Waals surface area contributed by atoms with Gasteiger partial charge in [0, 0.05) is 30.3 Å². The van der Waals surface area contributed by atoms with Crippen molar-refractivity contribution < 1.29 is 9.59 Å². The zero-order valence-electron chi connectivity index (χ0n) is 18.3. The van der Waals surface area contributed by atoms with Crippen LogP contribution in [0.2, 0.25) is 0 Å². The maximum absolute atomic E-state index is 12.3. The van der Waals surface area contributed by atoms with Gasteiger partial charge in [0.1, 0.15) is 0 Å². The standard InChI is InChI=1S/C26H24N4O2S/c1-30-25(28-29-26(30)33-18-23(31)20-10-6-3-7-11-20)21-13-15-22(16-14-21)27-24(32)17-12-19-8-4-2-5-9-19/h2-11,13-16H,12,17-18H2,1H3,(H,27,32). The predicted molar refractivity (Wildman–Crippen MR) is 131 cm³/mol. The SMILES string of the molecule is Cn1c(SCC(=O)c2ccccc2)nnc1-c1ccc(NC(=O)CCc2ccccc2)cc1. The summed E-state index contributed by atoms with van der Waals surface area (Å²) in [5.41, 5.74) is 3.45. The number of aryl methyl sites for hydroxylation is 1. The van der Waals surface area contributed by atoms with Crippen LogP contribution >= 0.6 is 11.8 Å². The first kappa shape index (κ1) is 22.5. The number of ketones is 1. The molecular weight excluding hydrogens is 432 g/mol. The number of anilines is 1. The van der Waals surface area contributed by atoms with Crippen molar-refractivity contribution in [3.05, 3.63) is 96.1 Å². The maximum atomic E-state index is 12.3. The lowest BCUT2D eigenvalue weighted by atomic mass is 10.1. The average molecular weight is 457 g/mol. The van der Waals surface area contributed by atoms with E-state index in [4.69, 9.17) is 0 Å². The normalized spacial score (nSPS) is 10.7. The quantitative estimate of drug-likeness (QED) is 0.282. The van der Waals surface area contributed by atoms with Gasteiger partial charge in [-0.2, -0.15) is 0 Å². The number of thioether (sulfide) groups is 1. The van der Waals surface area contributed by atoms with Crippen molar-refractivity contribution in [3.8, 4) is 11.4 Å². The number of hydrogen-bond donors (Lipinski definition) is 1. The molecule has 7 heteroatoms. The van der Waals surface area contributed by atoms with Gasteiger partial charge >= 0.3 is 0 Å². The van der Waals surface area contributed by atoms with Crippen LogP contribution in [0.5, 0.6) is 0 Å². The van der Waals surface area contributed by atoms with E-state index in [1.165, 1.54) is 11.8 Å². The first-order valence-corrected chi connectivity index (χ1v) is 11.6. The topological polar surface area (TPSA) is 76.9 Å². The van der Waals surface area contributed by atoms with E-state index in [0.717, 1.165) is 16.8 Å². The molecule has 1 heterocycles. The van der Waals surface area contributed by atoms with Gasteiger partial charge in [-0.15, -0.1) is 10.2 Å². The Morgan fingerprint density at radius 1 is 0.879 bits per heavy atom. The van der Waals surface area contributed by atoms with E-state index in [9.17, 15) is 9.59 Å². The molecule has 4 rings (SSSR count). The molecule has 0 atom stereocenters. The Kier molecular flexibility index (Phi) is 7.32. The molecule has 6 nitrogen and oxygen atoms in total. The highest BCUT2D eigenvalue weighted by molar-refractivity contribution is 7.99. The van der Waals surface area contributed by atoms with E-state index < -0.39 is 0 Å². The van der Waals surface area contributed by atoms with Crippen LogP contribution in [0.25, 0.3) is 11.4 Å². The third-order valence-electron chi connectivity index (χ3n) is 5.17. The van der Waals surface area contributed by atoms with Crippen molar-refractivity contribution in [3.63, 3.8) is 0 Å². The van der Waals surface area contributed by atoms with Crippen molar-refractivity contribution in [1.82, 2.24) is 14.8 Å². The second kappa shape index (κ2) is 10.7. The number of benzene rings is 3. The number of carbonyl (C=O) groups is 2. The number of Topliss-reactive ketones (excluding diaryl/α,β-unsaturated/α-hetero) is 1. The summed E-state index contributed by atoms with van der Waals surface area (Å²) in [5.74, 6) is 1.03. The van der Waals surface area contributed by atoms with Crippen LogP contribution in [-0.2, 0) is 18.3 Å². The summed E-state index contributed by atoms with van der Waals surface area (Å²) in [7, 11) is 1.88. The molecular formula is C26H24N4O2S. The number of rotatable bonds is 9. The van der Waals surface area contributed by atoms with E-state index >= 15 is 0 Å². The largest absolute Gasteiger partial charge is 0.326 e. The fourth-order valence-corrected chi connectivity index (χ4v) is 4.16. The van der Waals surface area contributed by atoms with Gasteiger partial charge in [-0.25, -0.2) is 0 Å². The lowest BCUT2D eigenvalue weighted by Crippen LogP contribution is -2.12. The van der Waals surface area contributed by atoms with Gasteiger partial charge in [0.25, 0.3) is 0 Å². The fraction of sp³-hybridized carbons (Fsp3) is 0.154. The summed E-state index contributed by atoms with van der Waals surface area (Å²) in [5, 5.41) is 12.1. The van der Waals surface area contributed by atoms with Gasteiger partial charge in [0.2, 0.25) is 5.91 Å². The molecule has 3 aromatic carbocycles. The van der Waals surface area contributed by atoms with Crippen molar-refractivity contribution in [1.29, 1.82) is 0 Å². The summed E-state index contributed by atoms with van der Waals surface area (Å²) in [6.07, 6.45) is 1.13. The number of aromatic nitrogens is 3. The Labute approximate surface area is 197 Å². The minimum Gasteiger partial charge on any atom is -0.326 e. The van der Waals surface area contributed by atoms with Crippen molar-refractivity contribution in [2.75, 3.05) is 11.1 Å². The van der Waals surface area contributed by atoms with E-state index in [-0.39, 0.29) is 11.7 Å². The molecule has 0 aliphatic rings. The van der Waals surface area contributed by atoms with Crippen molar-refractivity contribution in [2.24, 2.45) is 7.05 Å². The van der Waals surface area contributed by atoms with Crippen LogP contribution < -0.4 is 5.32 Å². The Morgan fingerprint density at radius 3 is 2.24 bits per heavy atom. The molecule has 0 bridgehead atoms. The number of nitrogens with zero attached hydrogens (tertiary/aromatic N) is 3. The zero-order chi connectivity index (χ0) is 23.0. The van der Waals surface area contributed by atoms with Gasteiger partial charge < -0.3 is 9.88 Å². The molecule has 0 aliphatic heterocycles. The monoisotopic (exact) mass is 456 g/mol. The molecule has 0 saturated heterocycles. The molecule has 166 valence electrons. The van der Waals surface area contributed by atoms with E-state index in [2.05, 4.69) is 15.5 Å². The molecule has 1 N–H and O–H groups in total. The minimum atomic E-state index is -0.0213. The van der Waals surface area contributed by atoms with Crippen molar-refractivity contribution >= 4 is 29.1 Å². The van der Waals surface area contributed by atoms with Gasteiger partial charge in [-0.3, -0.25) is 9.59 Å². The van der Waals surface area contributed by atoms with E-state index in [1.807, 2.05) is 96.5 Å². The third-order valence-corrected chi connectivity index (χ3v) is 6.19. The van der Waals surface area contributed by atoms with Crippen LogP contribution in [0.4, 0.5) is 5.69 Å². The van der Waals surface area contributed by atoms with Crippen molar-refractivity contribution in [2.45, 2.75) is 18.0 Å². The van der Waals surface area contributed by atoms with Gasteiger partial charge in [-0.1, -0.05) is 72.4 Å². The Balaban J connectivity index is 1.33. The Bertz CT molecular complexity index is 1220. The summed E-state index contributed by atoms with van der Waals surface area (Å²) in [4.78, 5) is 24.6. The van der Waals surface area contributed by atoms with Crippen LogP contribution in [0.1, 0.15) is 22.3 Å². The molecule has 4 aromatic rings. The zero-order valence-corrected chi connectivity index (χ0v) is 19.1. The molecule has 1 amide bonds. The van der Waals surface area contributed by atoms with Gasteiger partial charge in [-0.05, 0) is 36.2 Å². The predicted octanol–water partition coefficient (Wildman–Crippen LogP) is 5.03. The van der Waals surface area contributed by atoms with Crippen LogP contribution in [0.15, 0.2) is 90.1 Å². The maximum Gasteiger partial charge on any atom is 0.224 e. The van der Waals surface area contributed by atoms with Crippen LogP contribution in [0.3, 0.4) is 0 Å². The average Bonchev–Trinajstić information content (AvgIpc) is 3.23. The summed E-state index contributed by atoms with van der Waals surface area (Å²) < 4.78 is 1.87. The summed E-state index contributed by atoms with van der Waals surface area (Å²) >= 11 is 1.36. The molecule has 0 radical (unpaired) electrons. The van der Waals surface area contributed by atoms with E-state index in [0.29, 0.717) is 35.1 Å². The number of nitrogens with one attached hydrogen (secondary N) is 1. The summed E-state index contributed by atoms with van der Waals surface area (Å²) in [6, 6.07) is 26.7. The molecule has 0 saturated carbocycles. The molecule has 0 unspecified atom stereocenters. The molecule has 0 spiro atoms. The second-order valence-corrected chi connectivity index (χ2v) is 8.50. The lowest BCUT2D eigenvalue weighted by Gasteiger charge is -2.07. The smallest absolute Gasteiger partial charge is 0.224 e. The summed E-state index contributed by atoms with van der Waals surface area (Å²) in [6.45, 7) is 0. The second-order valence-electron chi connectivity index (χ2n) is 7.55. The third kappa shape index (κ3) is 5.96. The van der Waals surface area contributed by atoms with Gasteiger partial charge in [0.05, 0.1) is 5.75 Å². The fourth-order valence-electron chi connectivity index (χ4n) is 3.36. The first-order valence-electron chi connectivity index (χ1n) is 10.6. The Morgan fingerprint density at radius 2 is 1.55 bits per heavy atom.